The molecule has 0 atom stereocenters. The van der Waals surface area contributed by atoms with Crippen LogP contribution in [0.25, 0.3) is 6.08 Å². The van der Waals surface area contributed by atoms with Gasteiger partial charge in [-0.15, -0.1) is 0 Å². The lowest BCUT2D eigenvalue weighted by atomic mass is 10.1. The summed E-state index contributed by atoms with van der Waals surface area (Å²) in [5, 5.41) is 2.85. The highest BCUT2D eigenvalue weighted by Crippen LogP contribution is 2.11. The summed E-state index contributed by atoms with van der Waals surface area (Å²) in [6.45, 7) is 0.620. The van der Waals surface area contributed by atoms with Crippen LogP contribution in [0.1, 0.15) is 17.5 Å². The number of amides is 1. The third-order valence-corrected chi connectivity index (χ3v) is 4.03. The fourth-order valence-corrected chi connectivity index (χ4v) is 2.82. The number of carbonyl (C=O) groups is 1. The second-order valence-electron chi connectivity index (χ2n) is 5.71. The van der Waals surface area contributed by atoms with E-state index in [-0.39, 0.29) is 5.91 Å². The van der Waals surface area contributed by atoms with Crippen LogP contribution in [-0.2, 0) is 21.2 Å². The van der Waals surface area contributed by atoms with E-state index in [0.717, 1.165) is 24.7 Å². The fraction of sp³-hybridized carbons (Fsp3) is 0.211. The number of carbonyl (C=O) groups excluding carboxylic acids is 1. The number of hydrogen-bond acceptors (Lipinski definition) is 3. The van der Waals surface area contributed by atoms with Crippen molar-refractivity contribution in [3.63, 3.8) is 0 Å². The van der Waals surface area contributed by atoms with Gasteiger partial charge >= 0.3 is 0 Å². The molecule has 2 aromatic rings. The average molecular weight is 358 g/mol. The molecular formula is C19H22N2O3S. The average Bonchev–Trinajstić information content (AvgIpc) is 2.58. The van der Waals surface area contributed by atoms with Crippen molar-refractivity contribution in [2.24, 2.45) is 0 Å². The zero-order valence-electron chi connectivity index (χ0n) is 14.1. The molecule has 5 nitrogen and oxygen atoms in total. The molecule has 0 spiro atoms. The van der Waals surface area contributed by atoms with Crippen LogP contribution in [0, 0.1) is 0 Å². The van der Waals surface area contributed by atoms with E-state index >= 15 is 0 Å². The molecule has 25 heavy (non-hydrogen) atoms. The van der Waals surface area contributed by atoms with Gasteiger partial charge in [-0.05, 0) is 42.2 Å². The molecule has 2 aromatic carbocycles. The molecule has 0 radical (unpaired) electrons. The molecule has 1 amide bonds. The van der Waals surface area contributed by atoms with E-state index in [4.69, 9.17) is 0 Å². The molecule has 0 fully saturated rings. The molecule has 0 aromatic heterocycles. The highest BCUT2D eigenvalue weighted by Gasteiger charge is 2.01. The number of nitrogens with one attached hydrogen (secondary N) is 2. The minimum absolute atomic E-state index is 0.147. The zero-order chi connectivity index (χ0) is 18.1. The number of benzene rings is 2. The van der Waals surface area contributed by atoms with Crippen LogP contribution < -0.4 is 10.0 Å². The highest BCUT2D eigenvalue weighted by atomic mass is 32.2. The predicted molar refractivity (Wildman–Crippen MR) is 102 cm³/mol. The number of aryl methyl sites for hydroxylation is 1. The maximum absolute atomic E-state index is 11.8. The normalized spacial score (nSPS) is 11.4. The summed E-state index contributed by atoms with van der Waals surface area (Å²) in [7, 11) is -3.28. The topological polar surface area (TPSA) is 75.3 Å². The Balaban J connectivity index is 1.74. The molecule has 0 saturated carbocycles. The summed E-state index contributed by atoms with van der Waals surface area (Å²) in [5.74, 6) is -0.147. The van der Waals surface area contributed by atoms with Gasteiger partial charge in [-0.3, -0.25) is 9.52 Å². The van der Waals surface area contributed by atoms with Crippen molar-refractivity contribution >= 4 is 27.7 Å². The Bertz CT molecular complexity index is 814. The highest BCUT2D eigenvalue weighted by molar-refractivity contribution is 7.92. The van der Waals surface area contributed by atoms with Gasteiger partial charge in [-0.25, -0.2) is 8.42 Å². The Kier molecular flexibility index (Phi) is 6.77. The van der Waals surface area contributed by atoms with Gasteiger partial charge in [-0.1, -0.05) is 42.5 Å². The second-order valence-corrected chi connectivity index (χ2v) is 7.46. The van der Waals surface area contributed by atoms with Gasteiger partial charge in [0.1, 0.15) is 0 Å². The van der Waals surface area contributed by atoms with E-state index in [2.05, 4.69) is 22.2 Å². The molecule has 2 N–H and O–H groups in total. The van der Waals surface area contributed by atoms with Crippen molar-refractivity contribution in [1.29, 1.82) is 0 Å². The van der Waals surface area contributed by atoms with Gasteiger partial charge in [-0.2, -0.15) is 0 Å². The summed E-state index contributed by atoms with van der Waals surface area (Å²) < 4.78 is 24.7. The summed E-state index contributed by atoms with van der Waals surface area (Å²) >= 11 is 0. The third-order valence-electron chi connectivity index (χ3n) is 3.43. The molecule has 132 valence electrons. The van der Waals surface area contributed by atoms with Crippen molar-refractivity contribution in [3.8, 4) is 0 Å². The Hall–Kier alpha value is -2.60. The molecule has 0 saturated heterocycles. The lowest BCUT2D eigenvalue weighted by Gasteiger charge is -2.04. The Morgan fingerprint density at radius 3 is 2.36 bits per heavy atom. The van der Waals surface area contributed by atoms with Crippen LogP contribution in [0.3, 0.4) is 0 Å². The number of anilines is 1. The molecular weight excluding hydrogens is 336 g/mol. The quantitative estimate of drug-likeness (QED) is 0.563. The number of sulfonamides is 1. The monoisotopic (exact) mass is 358 g/mol. The first kappa shape index (κ1) is 18.7. The number of hydrogen-bond donors (Lipinski definition) is 2. The van der Waals surface area contributed by atoms with Gasteiger partial charge in [0.05, 0.1) is 6.26 Å². The van der Waals surface area contributed by atoms with Crippen LogP contribution in [0.15, 0.2) is 60.7 Å². The lowest BCUT2D eigenvalue weighted by Crippen LogP contribution is -2.22. The summed E-state index contributed by atoms with van der Waals surface area (Å²) in [5.41, 5.74) is 2.57. The maximum Gasteiger partial charge on any atom is 0.243 e. The molecule has 0 aliphatic carbocycles. The number of rotatable bonds is 8. The van der Waals surface area contributed by atoms with Crippen molar-refractivity contribution in [2.75, 3.05) is 17.5 Å². The molecule has 6 heteroatoms. The van der Waals surface area contributed by atoms with Gasteiger partial charge in [0.25, 0.3) is 0 Å². The molecule has 0 aliphatic heterocycles. The smallest absolute Gasteiger partial charge is 0.243 e. The summed E-state index contributed by atoms with van der Waals surface area (Å²) in [6, 6.07) is 16.9. The minimum atomic E-state index is -3.28. The van der Waals surface area contributed by atoms with E-state index in [1.54, 1.807) is 30.3 Å². The maximum atomic E-state index is 11.8. The zero-order valence-corrected chi connectivity index (χ0v) is 14.9. The predicted octanol–water partition coefficient (Wildman–Crippen LogP) is 2.82. The van der Waals surface area contributed by atoms with Crippen LogP contribution >= 0.6 is 0 Å². The largest absolute Gasteiger partial charge is 0.353 e. The van der Waals surface area contributed by atoms with Crippen molar-refractivity contribution in [2.45, 2.75) is 12.8 Å². The van der Waals surface area contributed by atoms with E-state index in [0.29, 0.717) is 12.2 Å². The minimum Gasteiger partial charge on any atom is -0.353 e. The summed E-state index contributed by atoms with van der Waals surface area (Å²) in [6.07, 6.45) is 6.08. The Morgan fingerprint density at radius 1 is 1.04 bits per heavy atom. The third kappa shape index (κ3) is 7.67. The van der Waals surface area contributed by atoms with E-state index in [1.807, 2.05) is 18.2 Å². The molecule has 2 rings (SSSR count). The van der Waals surface area contributed by atoms with Gasteiger partial charge in [0.2, 0.25) is 15.9 Å². The fourth-order valence-electron chi connectivity index (χ4n) is 2.26. The van der Waals surface area contributed by atoms with Crippen molar-refractivity contribution < 1.29 is 13.2 Å². The molecule has 0 heterocycles. The van der Waals surface area contributed by atoms with Crippen LogP contribution in [0.5, 0.6) is 0 Å². The second kappa shape index (κ2) is 9.03. The van der Waals surface area contributed by atoms with Crippen molar-refractivity contribution in [3.05, 3.63) is 71.8 Å². The van der Waals surface area contributed by atoms with Crippen LogP contribution in [-0.4, -0.2) is 27.1 Å². The van der Waals surface area contributed by atoms with E-state index in [9.17, 15) is 13.2 Å². The Morgan fingerprint density at radius 2 is 1.72 bits per heavy atom. The molecule has 0 bridgehead atoms. The van der Waals surface area contributed by atoms with Crippen LogP contribution in [0.2, 0.25) is 0 Å². The first-order valence-corrected chi connectivity index (χ1v) is 9.89. The SMILES string of the molecule is CS(=O)(=O)Nc1ccc(/C=C/C(=O)NCCCc2ccccc2)cc1. The summed E-state index contributed by atoms with van der Waals surface area (Å²) in [4.78, 5) is 11.8. The van der Waals surface area contributed by atoms with Crippen LogP contribution in [0.4, 0.5) is 5.69 Å². The van der Waals surface area contributed by atoms with E-state index in [1.165, 1.54) is 11.6 Å². The standard InChI is InChI=1S/C19H22N2O3S/c1-25(23,24)21-18-12-9-17(10-13-18)11-14-19(22)20-15-5-8-16-6-3-2-4-7-16/h2-4,6-7,9-14,21H,5,8,15H2,1H3,(H,20,22)/b14-11+. The van der Waals surface area contributed by atoms with Crippen molar-refractivity contribution in [1.82, 2.24) is 5.32 Å². The van der Waals surface area contributed by atoms with E-state index < -0.39 is 10.0 Å². The first-order chi connectivity index (χ1) is 11.9. The molecule has 0 aliphatic rings. The van der Waals surface area contributed by atoms with Gasteiger partial charge in [0, 0.05) is 18.3 Å². The van der Waals surface area contributed by atoms with Gasteiger partial charge < -0.3 is 5.32 Å². The Labute approximate surface area is 148 Å². The molecule has 0 unspecified atom stereocenters. The lowest BCUT2D eigenvalue weighted by molar-refractivity contribution is -0.116. The first-order valence-electron chi connectivity index (χ1n) is 8.00. The van der Waals surface area contributed by atoms with Gasteiger partial charge in [0.15, 0.2) is 0 Å².